The molecule has 0 atom stereocenters. The number of nitrogens with one attached hydrogen (secondary N) is 1. The third kappa shape index (κ3) is 2.75. The zero-order valence-corrected chi connectivity index (χ0v) is 12.6. The van der Waals surface area contributed by atoms with E-state index in [4.69, 9.17) is 4.42 Å². The molecule has 4 rings (SSSR count). The van der Waals surface area contributed by atoms with Gasteiger partial charge in [-0.05, 0) is 23.4 Å². The van der Waals surface area contributed by atoms with Crippen molar-refractivity contribution in [2.75, 3.05) is 5.32 Å². The molecule has 1 aromatic heterocycles. The average molecular weight is 315 g/mol. The summed E-state index contributed by atoms with van der Waals surface area (Å²) in [4.78, 5) is 20.7. The first-order valence-electron chi connectivity index (χ1n) is 7.46. The van der Waals surface area contributed by atoms with Gasteiger partial charge in [0, 0.05) is 22.2 Å². The maximum absolute atomic E-state index is 12.3. The van der Waals surface area contributed by atoms with Gasteiger partial charge in [-0.25, -0.2) is 4.98 Å². The molecule has 5 heteroatoms. The van der Waals surface area contributed by atoms with Crippen molar-refractivity contribution in [3.8, 4) is 0 Å². The fourth-order valence-electron chi connectivity index (χ4n) is 2.50. The highest BCUT2D eigenvalue weighted by Gasteiger charge is 2.08. The van der Waals surface area contributed by atoms with E-state index in [0.717, 1.165) is 21.0 Å². The van der Waals surface area contributed by atoms with E-state index in [1.54, 1.807) is 18.3 Å². The molecule has 0 radical (unpaired) electrons. The zero-order chi connectivity index (χ0) is 16.4. The third-order valence-corrected chi connectivity index (χ3v) is 3.72. The first-order chi connectivity index (χ1) is 11.8. The third-order valence-electron chi connectivity index (χ3n) is 3.72. The molecule has 0 saturated heterocycles. The van der Waals surface area contributed by atoms with Gasteiger partial charge in [0.2, 0.25) is 0 Å². The summed E-state index contributed by atoms with van der Waals surface area (Å²) in [6.45, 7) is 0. The number of nitrogens with zero attached hydrogens (tertiary/aromatic N) is 2. The lowest BCUT2D eigenvalue weighted by atomic mass is 10.1. The molecule has 3 aromatic rings. The number of carbonyl (C=O) groups is 1. The zero-order valence-electron chi connectivity index (χ0n) is 12.6. The number of para-hydroxylation sites is 1. The van der Waals surface area contributed by atoms with Gasteiger partial charge >= 0.3 is 6.01 Å². The van der Waals surface area contributed by atoms with Crippen LogP contribution in [0, 0.1) is 0 Å². The van der Waals surface area contributed by atoms with E-state index in [2.05, 4.69) is 15.3 Å². The van der Waals surface area contributed by atoms with Gasteiger partial charge in [0.05, 0.1) is 11.6 Å². The quantitative estimate of drug-likeness (QED) is 0.751. The molecule has 2 heterocycles. The predicted molar refractivity (Wildman–Crippen MR) is 90.8 cm³/mol. The lowest BCUT2D eigenvalue weighted by molar-refractivity contribution is 0.102. The van der Waals surface area contributed by atoms with Crippen LogP contribution >= 0.6 is 0 Å². The van der Waals surface area contributed by atoms with Crippen LogP contribution in [0.15, 0.2) is 64.3 Å². The van der Waals surface area contributed by atoms with Gasteiger partial charge in [0.1, 0.15) is 6.26 Å². The topological polar surface area (TPSA) is 67.5 Å². The molecule has 0 bridgehead atoms. The number of aromatic nitrogens is 1. The van der Waals surface area contributed by atoms with Crippen LogP contribution in [0.25, 0.3) is 18.4 Å². The van der Waals surface area contributed by atoms with Gasteiger partial charge in [0.25, 0.3) is 5.91 Å². The van der Waals surface area contributed by atoms with E-state index in [1.165, 1.54) is 12.5 Å². The van der Waals surface area contributed by atoms with Gasteiger partial charge in [0.15, 0.2) is 0 Å². The normalized spacial score (nSPS) is 12.0. The Labute approximate surface area is 137 Å². The first kappa shape index (κ1) is 14.1. The summed E-state index contributed by atoms with van der Waals surface area (Å²) >= 11 is 0. The van der Waals surface area contributed by atoms with Crippen LogP contribution in [0.4, 0.5) is 6.01 Å². The molecular weight excluding hydrogens is 302 g/mol. The minimum Gasteiger partial charge on any atom is -0.432 e. The molecule has 1 amide bonds. The molecule has 5 nitrogen and oxygen atoms in total. The Morgan fingerprint density at radius 2 is 1.88 bits per heavy atom. The molecule has 1 aliphatic heterocycles. The van der Waals surface area contributed by atoms with Gasteiger partial charge < -0.3 is 4.42 Å². The summed E-state index contributed by atoms with van der Waals surface area (Å²) in [5.41, 5.74) is 0.514. The van der Waals surface area contributed by atoms with Gasteiger partial charge in [-0.1, -0.05) is 36.4 Å². The van der Waals surface area contributed by atoms with Crippen LogP contribution in [0.5, 0.6) is 0 Å². The van der Waals surface area contributed by atoms with E-state index in [0.29, 0.717) is 5.56 Å². The first-order valence-corrected chi connectivity index (χ1v) is 7.46. The van der Waals surface area contributed by atoms with E-state index in [-0.39, 0.29) is 11.9 Å². The molecule has 1 aliphatic rings. The summed E-state index contributed by atoms with van der Waals surface area (Å²) in [7, 11) is 0. The number of benzene rings is 2. The Kier molecular flexibility index (Phi) is 3.51. The molecular formula is C19H13N3O2. The van der Waals surface area contributed by atoms with Crippen molar-refractivity contribution < 1.29 is 9.21 Å². The van der Waals surface area contributed by atoms with Crippen molar-refractivity contribution in [1.82, 2.24) is 4.98 Å². The number of fused-ring (bicyclic) bond motifs is 2. The summed E-state index contributed by atoms with van der Waals surface area (Å²) < 4.78 is 5.03. The highest BCUT2D eigenvalue weighted by molar-refractivity contribution is 6.03. The van der Waals surface area contributed by atoms with Crippen LogP contribution in [-0.4, -0.2) is 10.9 Å². The minimum atomic E-state index is -0.278. The average Bonchev–Trinajstić information content (AvgIpc) is 3.10. The van der Waals surface area contributed by atoms with Crippen molar-refractivity contribution >= 4 is 30.3 Å². The number of carbonyl (C=O) groups excluding carboxylic acids is 1. The maximum Gasteiger partial charge on any atom is 0.301 e. The summed E-state index contributed by atoms with van der Waals surface area (Å²) in [6.07, 6.45) is 8.71. The highest BCUT2D eigenvalue weighted by atomic mass is 16.4. The number of rotatable bonds is 2. The Morgan fingerprint density at radius 1 is 1.00 bits per heavy atom. The Balaban J connectivity index is 1.77. The molecule has 1 N–H and O–H groups in total. The molecule has 24 heavy (non-hydrogen) atoms. The van der Waals surface area contributed by atoms with Crippen LogP contribution in [-0.2, 0) is 0 Å². The Morgan fingerprint density at radius 3 is 2.75 bits per heavy atom. The van der Waals surface area contributed by atoms with Crippen LogP contribution in [0.1, 0.15) is 10.4 Å². The molecule has 0 unspecified atom stereocenters. The van der Waals surface area contributed by atoms with E-state index in [1.807, 2.05) is 42.5 Å². The second-order valence-electron chi connectivity index (χ2n) is 5.29. The van der Waals surface area contributed by atoms with Crippen molar-refractivity contribution in [1.29, 1.82) is 0 Å². The molecule has 0 spiro atoms. The highest BCUT2D eigenvalue weighted by Crippen LogP contribution is 2.04. The van der Waals surface area contributed by atoms with Crippen LogP contribution in [0.3, 0.4) is 0 Å². The van der Waals surface area contributed by atoms with Gasteiger partial charge in [-0.2, -0.15) is 0 Å². The number of anilines is 1. The lowest BCUT2D eigenvalue weighted by Crippen LogP contribution is -2.30. The standard InChI is InChI=1S/C19H13N3O2/c23-18(22-19-20-9-10-24-19)15-8-6-13-5-7-14-3-1-2-4-17(14)21-12-16(13)11-15/h1-12H,(H,20,22,23). The van der Waals surface area contributed by atoms with Gasteiger partial charge in [-0.15, -0.1) is 0 Å². The van der Waals surface area contributed by atoms with Gasteiger partial charge in [-0.3, -0.25) is 15.1 Å². The second kappa shape index (κ2) is 5.96. The number of oxazole rings is 1. The molecule has 2 aromatic carbocycles. The smallest absolute Gasteiger partial charge is 0.301 e. The maximum atomic E-state index is 12.3. The largest absolute Gasteiger partial charge is 0.432 e. The Hall–Kier alpha value is -3.47. The fourth-order valence-corrected chi connectivity index (χ4v) is 2.50. The monoisotopic (exact) mass is 315 g/mol. The Bertz CT molecular complexity index is 1150. The lowest BCUT2D eigenvalue weighted by Gasteiger charge is -2.02. The minimum absolute atomic E-state index is 0.175. The van der Waals surface area contributed by atoms with Crippen molar-refractivity contribution in [3.63, 3.8) is 0 Å². The molecule has 0 fully saturated rings. The van der Waals surface area contributed by atoms with E-state index < -0.39 is 0 Å². The van der Waals surface area contributed by atoms with E-state index >= 15 is 0 Å². The molecule has 116 valence electrons. The van der Waals surface area contributed by atoms with Crippen molar-refractivity contribution in [3.05, 3.63) is 81.5 Å². The summed E-state index contributed by atoms with van der Waals surface area (Å²) in [6, 6.07) is 13.6. The summed E-state index contributed by atoms with van der Waals surface area (Å²) in [5.74, 6) is -0.278. The van der Waals surface area contributed by atoms with Crippen molar-refractivity contribution in [2.24, 2.45) is 4.99 Å². The predicted octanol–water partition coefficient (Wildman–Crippen LogP) is 0.559. The SMILES string of the molecule is O=C(Nc1ncco1)c1ccc2c(c1)=CN=c1ccccc1=CC=2. The summed E-state index contributed by atoms with van der Waals surface area (Å²) in [5, 5.41) is 6.44. The number of hydrogen-bond donors (Lipinski definition) is 1. The molecule has 0 saturated carbocycles. The van der Waals surface area contributed by atoms with Crippen LogP contribution < -0.4 is 26.3 Å². The fraction of sp³-hybridized carbons (Fsp3) is 0. The van der Waals surface area contributed by atoms with Crippen molar-refractivity contribution in [2.45, 2.75) is 0 Å². The molecule has 0 aliphatic carbocycles. The van der Waals surface area contributed by atoms with E-state index in [9.17, 15) is 4.79 Å². The number of amides is 1. The number of hydrogen-bond acceptors (Lipinski definition) is 4. The second-order valence-corrected chi connectivity index (χ2v) is 5.29. The van der Waals surface area contributed by atoms with Crippen LogP contribution in [0.2, 0.25) is 0 Å².